The number of carbonyl (C=O) groups excluding carboxylic acids is 1. The van der Waals surface area contributed by atoms with Crippen molar-refractivity contribution < 1.29 is 17.6 Å². The fourth-order valence-corrected chi connectivity index (χ4v) is 3.18. The van der Waals surface area contributed by atoms with E-state index in [2.05, 4.69) is 5.32 Å². The third-order valence-electron chi connectivity index (χ3n) is 2.41. The summed E-state index contributed by atoms with van der Waals surface area (Å²) in [6.45, 7) is 1.99. The van der Waals surface area contributed by atoms with Gasteiger partial charge in [-0.15, -0.1) is 11.3 Å². The molecule has 0 fully saturated rings. The molecule has 0 unspecified atom stereocenters. The Morgan fingerprint density at radius 3 is 2.68 bits per heavy atom. The summed E-state index contributed by atoms with van der Waals surface area (Å²) in [5, 5.41) is 7.65. The van der Waals surface area contributed by atoms with E-state index in [1.165, 1.54) is 12.3 Å². The lowest BCUT2D eigenvalue weighted by Crippen LogP contribution is -2.22. The summed E-state index contributed by atoms with van der Waals surface area (Å²) < 4.78 is 27.3. The molecule has 0 aromatic carbocycles. The highest BCUT2D eigenvalue weighted by Crippen LogP contribution is 2.20. The van der Waals surface area contributed by atoms with Crippen LogP contribution in [-0.2, 0) is 16.6 Å². The monoisotopic (exact) mass is 300 g/mol. The normalized spacial score (nSPS) is 11.5. The second kappa shape index (κ2) is 5.16. The molecule has 19 heavy (non-hydrogen) atoms. The van der Waals surface area contributed by atoms with Crippen LogP contribution in [0.3, 0.4) is 0 Å². The molecule has 0 saturated heterocycles. The molecule has 2 aromatic heterocycles. The molecule has 0 atom stereocenters. The van der Waals surface area contributed by atoms with Crippen LogP contribution in [0.2, 0.25) is 0 Å². The Labute approximate surface area is 114 Å². The van der Waals surface area contributed by atoms with E-state index in [0.29, 0.717) is 4.88 Å². The minimum atomic E-state index is -3.68. The van der Waals surface area contributed by atoms with Gasteiger partial charge in [-0.2, -0.15) is 0 Å². The third-order valence-corrected chi connectivity index (χ3v) is 4.93. The molecule has 0 radical (unpaired) electrons. The fourth-order valence-electron chi connectivity index (χ4n) is 1.46. The summed E-state index contributed by atoms with van der Waals surface area (Å²) in [6.07, 6.45) is 1.44. The first kappa shape index (κ1) is 13.8. The van der Waals surface area contributed by atoms with Crippen LogP contribution in [0.15, 0.2) is 33.1 Å². The van der Waals surface area contributed by atoms with Gasteiger partial charge >= 0.3 is 0 Å². The van der Waals surface area contributed by atoms with Crippen molar-refractivity contribution in [1.82, 2.24) is 5.32 Å². The molecule has 0 aliphatic heterocycles. The Morgan fingerprint density at radius 2 is 2.16 bits per heavy atom. The third kappa shape index (κ3) is 3.22. The maximum atomic E-state index is 11.8. The summed E-state index contributed by atoms with van der Waals surface area (Å²) in [7, 11) is -3.68. The largest absolute Gasteiger partial charge is 0.459 e. The molecule has 0 aliphatic rings. The van der Waals surface area contributed by atoms with Gasteiger partial charge in [0.1, 0.15) is 4.21 Å². The lowest BCUT2D eigenvalue weighted by molar-refractivity contribution is 0.0922. The van der Waals surface area contributed by atoms with Gasteiger partial charge in [0.25, 0.3) is 5.91 Å². The summed E-state index contributed by atoms with van der Waals surface area (Å²) in [5.41, 5.74) is 0.744. The predicted molar refractivity (Wildman–Crippen MR) is 70.3 cm³/mol. The van der Waals surface area contributed by atoms with Gasteiger partial charge in [-0.1, -0.05) is 0 Å². The summed E-state index contributed by atoms with van der Waals surface area (Å²) in [6, 6.07) is 4.72. The Kier molecular flexibility index (Phi) is 3.74. The highest BCUT2D eigenvalue weighted by molar-refractivity contribution is 7.91. The highest BCUT2D eigenvalue weighted by Gasteiger charge is 2.14. The standard InChI is InChI=1S/C11H12N2O4S2/c1-7-4-5-17-10(7)11(14)13-6-8-2-3-9(18-8)19(12,15)16/h2-5H,6H2,1H3,(H,13,14)(H2,12,15,16). The van der Waals surface area contributed by atoms with Gasteiger partial charge in [0.05, 0.1) is 12.8 Å². The number of aryl methyl sites for hydroxylation is 1. The highest BCUT2D eigenvalue weighted by atomic mass is 32.2. The van der Waals surface area contributed by atoms with Crippen molar-refractivity contribution >= 4 is 27.3 Å². The fraction of sp³-hybridized carbons (Fsp3) is 0.182. The number of sulfonamides is 1. The second-order valence-corrected chi connectivity index (χ2v) is 6.84. The number of furan rings is 1. The number of carbonyl (C=O) groups is 1. The zero-order chi connectivity index (χ0) is 14.0. The Morgan fingerprint density at radius 1 is 1.42 bits per heavy atom. The van der Waals surface area contributed by atoms with Crippen molar-refractivity contribution in [2.24, 2.45) is 5.14 Å². The van der Waals surface area contributed by atoms with Gasteiger partial charge in [0.15, 0.2) is 5.76 Å². The maximum Gasteiger partial charge on any atom is 0.287 e. The van der Waals surface area contributed by atoms with Gasteiger partial charge in [0, 0.05) is 10.4 Å². The number of amides is 1. The molecule has 0 saturated carbocycles. The lowest BCUT2D eigenvalue weighted by atomic mass is 10.2. The Hall–Kier alpha value is -1.64. The summed E-state index contributed by atoms with van der Waals surface area (Å²) in [4.78, 5) is 12.5. The van der Waals surface area contributed by atoms with E-state index >= 15 is 0 Å². The number of primary sulfonamides is 1. The molecule has 8 heteroatoms. The molecular formula is C11H12N2O4S2. The number of nitrogens with one attached hydrogen (secondary N) is 1. The van der Waals surface area contributed by atoms with Crippen LogP contribution in [0.4, 0.5) is 0 Å². The SMILES string of the molecule is Cc1ccoc1C(=O)NCc1ccc(S(N)(=O)=O)s1. The molecule has 3 N–H and O–H groups in total. The first-order chi connectivity index (χ1) is 8.88. The van der Waals surface area contributed by atoms with Crippen LogP contribution in [0.1, 0.15) is 21.0 Å². The number of thiophene rings is 1. The first-order valence-electron chi connectivity index (χ1n) is 5.32. The van der Waals surface area contributed by atoms with Crippen LogP contribution in [-0.4, -0.2) is 14.3 Å². The van der Waals surface area contributed by atoms with E-state index in [1.807, 2.05) is 0 Å². The van der Waals surface area contributed by atoms with Crippen molar-refractivity contribution in [3.8, 4) is 0 Å². The quantitative estimate of drug-likeness (QED) is 0.886. The van der Waals surface area contributed by atoms with Crippen molar-refractivity contribution in [3.05, 3.63) is 40.7 Å². The predicted octanol–water partition coefficient (Wildman–Crippen LogP) is 1.23. The average molecular weight is 300 g/mol. The van der Waals surface area contributed by atoms with Gasteiger partial charge in [0.2, 0.25) is 10.0 Å². The second-order valence-electron chi connectivity index (χ2n) is 3.88. The maximum absolute atomic E-state index is 11.8. The Bertz CT molecular complexity index is 700. The topological polar surface area (TPSA) is 102 Å². The average Bonchev–Trinajstić information content (AvgIpc) is 2.93. The molecule has 0 bridgehead atoms. The minimum absolute atomic E-state index is 0.0749. The van der Waals surface area contributed by atoms with Crippen LogP contribution in [0.25, 0.3) is 0 Å². The van der Waals surface area contributed by atoms with E-state index in [1.54, 1.807) is 19.1 Å². The van der Waals surface area contributed by atoms with Crippen molar-refractivity contribution in [2.75, 3.05) is 0 Å². The number of nitrogens with two attached hydrogens (primary N) is 1. The van der Waals surface area contributed by atoms with Crippen molar-refractivity contribution in [3.63, 3.8) is 0 Å². The number of rotatable bonds is 4. The Balaban J connectivity index is 2.02. The molecule has 2 rings (SSSR count). The van der Waals surface area contributed by atoms with Crippen LogP contribution >= 0.6 is 11.3 Å². The molecule has 2 aromatic rings. The van der Waals surface area contributed by atoms with Crippen molar-refractivity contribution in [1.29, 1.82) is 0 Å². The lowest BCUT2D eigenvalue weighted by Gasteiger charge is -2.01. The molecule has 0 aliphatic carbocycles. The zero-order valence-corrected chi connectivity index (χ0v) is 11.7. The van der Waals surface area contributed by atoms with E-state index in [0.717, 1.165) is 16.9 Å². The van der Waals surface area contributed by atoms with Gasteiger partial charge in [-0.3, -0.25) is 4.79 Å². The van der Waals surface area contributed by atoms with E-state index < -0.39 is 10.0 Å². The number of hydrogen-bond donors (Lipinski definition) is 2. The van der Waals surface area contributed by atoms with Crippen LogP contribution in [0, 0.1) is 6.92 Å². The molecular weight excluding hydrogens is 288 g/mol. The molecule has 1 amide bonds. The number of hydrogen-bond acceptors (Lipinski definition) is 5. The summed E-state index contributed by atoms with van der Waals surface area (Å²) in [5.74, 6) is -0.0868. The molecule has 0 spiro atoms. The van der Waals surface area contributed by atoms with Crippen molar-refractivity contribution in [2.45, 2.75) is 17.7 Å². The van der Waals surface area contributed by atoms with Crippen LogP contribution < -0.4 is 10.5 Å². The molecule has 102 valence electrons. The van der Waals surface area contributed by atoms with Gasteiger partial charge in [-0.25, -0.2) is 13.6 Å². The first-order valence-corrected chi connectivity index (χ1v) is 7.68. The van der Waals surface area contributed by atoms with Gasteiger partial charge < -0.3 is 9.73 Å². The molecule has 6 nitrogen and oxygen atoms in total. The zero-order valence-electron chi connectivity index (χ0n) is 10.0. The van der Waals surface area contributed by atoms with E-state index in [9.17, 15) is 13.2 Å². The molecule has 2 heterocycles. The minimum Gasteiger partial charge on any atom is -0.459 e. The summed E-state index contributed by atoms with van der Waals surface area (Å²) >= 11 is 1.02. The smallest absolute Gasteiger partial charge is 0.287 e. The van der Waals surface area contributed by atoms with E-state index in [-0.39, 0.29) is 22.4 Å². The van der Waals surface area contributed by atoms with Crippen LogP contribution in [0.5, 0.6) is 0 Å². The van der Waals surface area contributed by atoms with Gasteiger partial charge in [-0.05, 0) is 25.1 Å². The van der Waals surface area contributed by atoms with E-state index in [4.69, 9.17) is 9.56 Å².